The highest BCUT2D eigenvalue weighted by atomic mass is 79.9. The molecule has 18 heavy (non-hydrogen) atoms. The van der Waals surface area contributed by atoms with Crippen LogP contribution in [-0.4, -0.2) is 55.6 Å². The summed E-state index contributed by atoms with van der Waals surface area (Å²) in [6.07, 6.45) is -0.601. The molecule has 1 atom stereocenters. The fraction of sp³-hybridized carbons (Fsp3) is 0.462. The molecule has 0 saturated heterocycles. The zero-order chi connectivity index (χ0) is 13.7. The van der Waals surface area contributed by atoms with Crippen LogP contribution in [0.15, 0.2) is 33.7 Å². The van der Waals surface area contributed by atoms with Gasteiger partial charge in [-0.25, -0.2) is 4.99 Å². The average molecular weight is 314 g/mol. The van der Waals surface area contributed by atoms with Crippen molar-refractivity contribution >= 4 is 21.9 Å². The van der Waals surface area contributed by atoms with Gasteiger partial charge in [0.2, 0.25) is 0 Å². The summed E-state index contributed by atoms with van der Waals surface area (Å²) in [5.41, 5.74) is 0.859. The van der Waals surface area contributed by atoms with Gasteiger partial charge in [0.15, 0.2) is 5.96 Å². The summed E-state index contributed by atoms with van der Waals surface area (Å²) in [5, 5.41) is 10.1. The van der Waals surface area contributed by atoms with E-state index >= 15 is 0 Å². The molecule has 0 amide bonds. The van der Waals surface area contributed by atoms with E-state index in [-0.39, 0.29) is 0 Å². The maximum absolute atomic E-state index is 10.1. The molecule has 0 aliphatic heterocycles. The number of aliphatic hydroxyl groups excluding tert-OH is 1. The Morgan fingerprint density at radius 1 is 1.22 bits per heavy atom. The smallest absolute Gasteiger partial charge is 0.195 e. The zero-order valence-corrected chi connectivity index (χ0v) is 12.8. The lowest BCUT2D eigenvalue weighted by atomic mass is 10.1. The summed E-state index contributed by atoms with van der Waals surface area (Å²) in [5.74, 6) is 0.834. The first-order valence-electron chi connectivity index (χ1n) is 5.75. The highest BCUT2D eigenvalue weighted by molar-refractivity contribution is 9.10. The van der Waals surface area contributed by atoms with Crippen LogP contribution in [0.5, 0.6) is 0 Å². The van der Waals surface area contributed by atoms with Gasteiger partial charge in [-0.3, -0.25) is 0 Å². The summed E-state index contributed by atoms with van der Waals surface area (Å²) >= 11 is 3.43. The monoisotopic (exact) mass is 313 g/mol. The molecule has 0 spiro atoms. The maximum Gasteiger partial charge on any atom is 0.195 e. The SMILES string of the molecule is CN(C)C(=NCC(O)c1ccccc1Br)N(C)C. The molecule has 0 saturated carbocycles. The third-order valence-electron chi connectivity index (χ3n) is 2.47. The number of hydrogen-bond acceptors (Lipinski definition) is 2. The Kier molecular flexibility index (Phi) is 5.62. The number of rotatable bonds is 3. The lowest BCUT2D eigenvalue weighted by molar-refractivity contribution is 0.185. The van der Waals surface area contributed by atoms with Crippen molar-refractivity contribution in [2.75, 3.05) is 34.7 Å². The molecule has 1 unspecified atom stereocenters. The second-order valence-electron chi connectivity index (χ2n) is 4.47. The Balaban J connectivity index is 2.79. The van der Waals surface area contributed by atoms with Crippen molar-refractivity contribution in [1.82, 2.24) is 9.80 Å². The van der Waals surface area contributed by atoms with Gasteiger partial charge in [0.05, 0.1) is 12.6 Å². The van der Waals surface area contributed by atoms with E-state index in [0.717, 1.165) is 16.0 Å². The average Bonchev–Trinajstić information content (AvgIpc) is 2.28. The number of nitrogens with zero attached hydrogens (tertiary/aromatic N) is 3. The topological polar surface area (TPSA) is 39.1 Å². The van der Waals surface area contributed by atoms with Crippen molar-refractivity contribution in [1.29, 1.82) is 0 Å². The van der Waals surface area contributed by atoms with Gasteiger partial charge in [0.25, 0.3) is 0 Å². The van der Waals surface area contributed by atoms with Crippen molar-refractivity contribution in [2.24, 2.45) is 4.99 Å². The molecule has 100 valence electrons. The Hall–Kier alpha value is -1.07. The molecular weight excluding hydrogens is 294 g/mol. The summed E-state index contributed by atoms with van der Waals surface area (Å²) in [4.78, 5) is 8.28. The largest absolute Gasteiger partial charge is 0.386 e. The van der Waals surface area contributed by atoms with Crippen LogP contribution in [0, 0.1) is 0 Å². The van der Waals surface area contributed by atoms with Gasteiger partial charge in [-0.2, -0.15) is 0 Å². The van der Waals surface area contributed by atoms with Crippen LogP contribution in [0.4, 0.5) is 0 Å². The van der Waals surface area contributed by atoms with Crippen molar-refractivity contribution in [2.45, 2.75) is 6.10 Å². The molecule has 1 aromatic rings. The molecule has 0 radical (unpaired) electrons. The molecule has 0 bridgehead atoms. The molecule has 0 aliphatic rings. The van der Waals surface area contributed by atoms with Crippen molar-refractivity contribution in [3.8, 4) is 0 Å². The Morgan fingerprint density at radius 2 is 1.78 bits per heavy atom. The first-order chi connectivity index (χ1) is 8.43. The standard InChI is InChI=1S/C13H20BrN3O/c1-16(2)13(17(3)4)15-9-12(18)10-7-5-6-8-11(10)14/h5-8,12,18H,9H2,1-4H3. The van der Waals surface area contributed by atoms with Gasteiger partial charge in [0, 0.05) is 32.7 Å². The van der Waals surface area contributed by atoms with E-state index in [0.29, 0.717) is 6.54 Å². The summed E-state index contributed by atoms with van der Waals surface area (Å²) in [7, 11) is 7.74. The van der Waals surface area contributed by atoms with Crippen LogP contribution < -0.4 is 0 Å². The molecule has 0 heterocycles. The predicted octanol–water partition coefficient (Wildman–Crippen LogP) is 1.96. The molecule has 1 N–H and O–H groups in total. The minimum atomic E-state index is -0.601. The van der Waals surface area contributed by atoms with E-state index in [1.165, 1.54) is 0 Å². The summed E-state index contributed by atoms with van der Waals surface area (Å²) in [6, 6.07) is 7.65. The molecule has 5 heteroatoms. The number of guanidine groups is 1. The fourth-order valence-electron chi connectivity index (χ4n) is 1.69. The molecule has 0 aliphatic carbocycles. The van der Waals surface area contributed by atoms with Gasteiger partial charge in [-0.15, -0.1) is 0 Å². The van der Waals surface area contributed by atoms with Gasteiger partial charge >= 0.3 is 0 Å². The lowest BCUT2D eigenvalue weighted by Gasteiger charge is -2.23. The zero-order valence-electron chi connectivity index (χ0n) is 11.3. The van der Waals surface area contributed by atoms with Gasteiger partial charge in [0.1, 0.15) is 0 Å². The van der Waals surface area contributed by atoms with Crippen LogP contribution in [0.1, 0.15) is 11.7 Å². The Bertz CT molecular complexity index is 408. The first kappa shape index (κ1) is 15.0. The number of halogens is 1. The van der Waals surface area contributed by atoms with E-state index in [1.807, 2.05) is 62.3 Å². The quantitative estimate of drug-likeness (QED) is 0.685. The lowest BCUT2D eigenvalue weighted by Crippen LogP contribution is -2.35. The fourth-order valence-corrected chi connectivity index (χ4v) is 2.24. The summed E-state index contributed by atoms with van der Waals surface area (Å²) < 4.78 is 0.906. The highest BCUT2D eigenvalue weighted by Gasteiger charge is 2.11. The molecule has 0 fully saturated rings. The van der Waals surface area contributed by atoms with Gasteiger partial charge < -0.3 is 14.9 Å². The van der Waals surface area contributed by atoms with E-state index in [2.05, 4.69) is 20.9 Å². The minimum Gasteiger partial charge on any atom is -0.386 e. The number of hydrogen-bond donors (Lipinski definition) is 1. The minimum absolute atomic E-state index is 0.342. The van der Waals surface area contributed by atoms with Crippen LogP contribution in [0.2, 0.25) is 0 Å². The molecule has 1 rings (SSSR count). The second-order valence-corrected chi connectivity index (χ2v) is 5.32. The van der Waals surface area contributed by atoms with Crippen molar-refractivity contribution in [3.63, 3.8) is 0 Å². The van der Waals surface area contributed by atoms with Crippen LogP contribution >= 0.6 is 15.9 Å². The van der Waals surface area contributed by atoms with Gasteiger partial charge in [-0.1, -0.05) is 34.1 Å². The van der Waals surface area contributed by atoms with E-state index in [9.17, 15) is 5.11 Å². The first-order valence-corrected chi connectivity index (χ1v) is 6.54. The number of aliphatic imine (C=N–C) groups is 1. The van der Waals surface area contributed by atoms with E-state index < -0.39 is 6.10 Å². The summed E-state index contributed by atoms with van der Waals surface area (Å²) in [6.45, 7) is 0.342. The van der Waals surface area contributed by atoms with E-state index in [1.54, 1.807) is 0 Å². The third kappa shape index (κ3) is 3.99. The second kappa shape index (κ2) is 6.75. The van der Waals surface area contributed by atoms with Crippen molar-refractivity contribution < 1.29 is 5.11 Å². The van der Waals surface area contributed by atoms with Crippen LogP contribution in [0.3, 0.4) is 0 Å². The van der Waals surface area contributed by atoms with Crippen molar-refractivity contribution in [3.05, 3.63) is 34.3 Å². The normalized spacial score (nSPS) is 11.9. The van der Waals surface area contributed by atoms with Crippen LogP contribution in [-0.2, 0) is 0 Å². The Morgan fingerprint density at radius 3 is 2.28 bits per heavy atom. The van der Waals surface area contributed by atoms with E-state index in [4.69, 9.17) is 0 Å². The third-order valence-corrected chi connectivity index (χ3v) is 3.19. The molecule has 4 nitrogen and oxygen atoms in total. The predicted molar refractivity (Wildman–Crippen MR) is 78.8 cm³/mol. The number of aliphatic hydroxyl groups is 1. The van der Waals surface area contributed by atoms with Crippen LogP contribution in [0.25, 0.3) is 0 Å². The number of benzene rings is 1. The molecule has 0 aromatic heterocycles. The molecular formula is C13H20BrN3O. The Labute approximate surface area is 117 Å². The molecule has 1 aromatic carbocycles. The highest BCUT2D eigenvalue weighted by Crippen LogP contribution is 2.23. The van der Waals surface area contributed by atoms with Gasteiger partial charge in [-0.05, 0) is 11.6 Å². The maximum atomic E-state index is 10.1.